The third-order valence-corrected chi connectivity index (χ3v) is 6.13. The minimum Gasteiger partial charge on any atom is -0.376 e. The first-order valence-electron chi connectivity index (χ1n) is 9.89. The first-order chi connectivity index (χ1) is 13.7. The van der Waals surface area contributed by atoms with E-state index in [4.69, 9.17) is 4.74 Å². The molecule has 7 heteroatoms. The number of H-pyrrole nitrogens is 1. The second kappa shape index (κ2) is 6.67. The van der Waals surface area contributed by atoms with E-state index in [1.54, 1.807) is 7.11 Å². The van der Waals surface area contributed by atoms with Gasteiger partial charge in [0.15, 0.2) is 0 Å². The van der Waals surface area contributed by atoms with Crippen LogP contribution in [0.15, 0.2) is 36.4 Å². The molecule has 1 saturated carbocycles. The van der Waals surface area contributed by atoms with Gasteiger partial charge in [0, 0.05) is 37.2 Å². The molecule has 2 N–H and O–H groups in total. The Kier molecular flexibility index (Phi) is 4.12. The van der Waals surface area contributed by atoms with E-state index in [2.05, 4.69) is 15.4 Å². The van der Waals surface area contributed by atoms with Crippen LogP contribution in [-0.4, -0.2) is 51.4 Å². The Labute approximate surface area is 163 Å². The number of carbonyl (C=O) groups is 1. The van der Waals surface area contributed by atoms with E-state index in [-0.39, 0.29) is 11.5 Å². The van der Waals surface area contributed by atoms with Gasteiger partial charge in [-0.05, 0) is 31.4 Å². The molecular weight excluding hydrogens is 354 g/mol. The molecule has 0 unspecified atom stereocenters. The van der Waals surface area contributed by atoms with E-state index in [1.807, 2.05) is 46.0 Å². The molecule has 5 rings (SSSR count). The first kappa shape index (κ1) is 17.3. The fourth-order valence-corrected chi connectivity index (χ4v) is 4.16. The fourth-order valence-electron chi connectivity index (χ4n) is 4.16. The highest BCUT2D eigenvalue weighted by atomic mass is 16.5. The number of amides is 1. The molecular formula is C21H25N5O2. The zero-order valence-electron chi connectivity index (χ0n) is 16.1. The Hall–Kier alpha value is -2.80. The molecule has 0 atom stereocenters. The number of para-hydroxylation sites is 1. The number of aromatic nitrogens is 3. The molecule has 1 aromatic carbocycles. The molecule has 146 valence electrons. The van der Waals surface area contributed by atoms with Crippen LogP contribution in [0.25, 0.3) is 10.9 Å². The van der Waals surface area contributed by atoms with E-state index < -0.39 is 0 Å². The fraction of sp³-hybridized carbons (Fsp3) is 0.429. The Bertz CT molecular complexity index is 978. The highest BCUT2D eigenvalue weighted by Gasteiger charge is 2.37. The molecule has 0 saturated heterocycles. The number of hydrogen-bond donors (Lipinski definition) is 2. The predicted octanol–water partition coefficient (Wildman–Crippen LogP) is 3.00. The molecule has 0 radical (unpaired) electrons. The van der Waals surface area contributed by atoms with Gasteiger partial charge >= 0.3 is 0 Å². The average molecular weight is 379 g/mol. The van der Waals surface area contributed by atoms with Crippen LogP contribution in [0.2, 0.25) is 0 Å². The van der Waals surface area contributed by atoms with Gasteiger partial charge in [-0.2, -0.15) is 5.10 Å². The van der Waals surface area contributed by atoms with Crippen LogP contribution >= 0.6 is 0 Å². The maximum absolute atomic E-state index is 13.0. The lowest BCUT2D eigenvalue weighted by molar-refractivity contribution is -0.0601. The normalized spacial score (nSPS) is 18.0. The highest BCUT2D eigenvalue weighted by Crippen LogP contribution is 2.35. The summed E-state index contributed by atoms with van der Waals surface area (Å²) in [5, 5.41) is 9.13. The Balaban J connectivity index is 1.28. The molecule has 2 aromatic heterocycles. The molecule has 1 aliphatic carbocycles. The molecule has 1 amide bonds. The molecule has 28 heavy (non-hydrogen) atoms. The smallest absolute Gasteiger partial charge is 0.270 e. The van der Waals surface area contributed by atoms with E-state index in [9.17, 15) is 4.79 Å². The quantitative estimate of drug-likeness (QED) is 0.715. The Morgan fingerprint density at radius 1 is 1.29 bits per heavy atom. The second-order valence-corrected chi connectivity index (χ2v) is 7.84. The van der Waals surface area contributed by atoms with Gasteiger partial charge in [0.1, 0.15) is 11.5 Å². The van der Waals surface area contributed by atoms with E-state index in [1.165, 1.54) is 6.42 Å². The minimum atomic E-state index is -0.0399. The molecule has 0 spiro atoms. The SMILES string of the molecule is COC1(CNc2cc3n(n2)CCN(C(=O)c2cc4ccccc4[nH]2)C3)CCC1. The zero-order valence-corrected chi connectivity index (χ0v) is 16.1. The molecule has 7 nitrogen and oxygen atoms in total. The van der Waals surface area contributed by atoms with Gasteiger partial charge in [-0.3, -0.25) is 9.48 Å². The Morgan fingerprint density at radius 2 is 2.14 bits per heavy atom. The summed E-state index contributed by atoms with van der Waals surface area (Å²) in [6.07, 6.45) is 3.41. The number of hydrogen-bond acceptors (Lipinski definition) is 4. The lowest BCUT2D eigenvalue weighted by Gasteiger charge is -2.40. The van der Waals surface area contributed by atoms with Gasteiger partial charge < -0.3 is 19.9 Å². The summed E-state index contributed by atoms with van der Waals surface area (Å²) < 4.78 is 7.66. The van der Waals surface area contributed by atoms with Gasteiger partial charge in [0.25, 0.3) is 5.91 Å². The van der Waals surface area contributed by atoms with Crippen molar-refractivity contribution in [1.29, 1.82) is 0 Å². The standard InChI is InChI=1S/C21H25N5O2/c1-28-21(7-4-8-21)14-22-19-12-16-13-25(9-10-26(16)24-19)20(27)18-11-15-5-2-3-6-17(15)23-18/h2-3,5-6,11-12,23H,4,7-10,13-14H2,1H3,(H,22,24). The highest BCUT2D eigenvalue weighted by molar-refractivity contribution is 5.98. The maximum Gasteiger partial charge on any atom is 0.270 e. The average Bonchev–Trinajstić information content (AvgIpc) is 3.30. The summed E-state index contributed by atoms with van der Waals surface area (Å²) in [6.45, 7) is 2.71. The first-order valence-corrected chi connectivity index (χ1v) is 9.89. The van der Waals surface area contributed by atoms with Crippen molar-refractivity contribution in [1.82, 2.24) is 19.7 Å². The van der Waals surface area contributed by atoms with Crippen LogP contribution in [0.1, 0.15) is 35.4 Å². The molecule has 1 fully saturated rings. The minimum absolute atomic E-state index is 0.0333. The summed E-state index contributed by atoms with van der Waals surface area (Å²) in [5.41, 5.74) is 2.64. The van der Waals surface area contributed by atoms with E-state index in [0.717, 1.165) is 41.8 Å². The Morgan fingerprint density at radius 3 is 2.89 bits per heavy atom. The second-order valence-electron chi connectivity index (χ2n) is 7.84. The molecule has 3 heterocycles. The van der Waals surface area contributed by atoms with Crippen molar-refractivity contribution in [2.24, 2.45) is 0 Å². The van der Waals surface area contributed by atoms with Gasteiger partial charge in [-0.25, -0.2) is 0 Å². The predicted molar refractivity (Wildman–Crippen MR) is 107 cm³/mol. The summed E-state index contributed by atoms with van der Waals surface area (Å²) in [5.74, 6) is 0.893. The number of nitrogens with zero attached hydrogens (tertiary/aromatic N) is 3. The number of ether oxygens (including phenoxy) is 1. The van der Waals surface area contributed by atoms with Crippen molar-refractivity contribution in [3.8, 4) is 0 Å². The summed E-state index contributed by atoms with van der Waals surface area (Å²) >= 11 is 0. The lowest BCUT2D eigenvalue weighted by atomic mass is 9.80. The molecule has 0 bridgehead atoms. The van der Waals surface area contributed by atoms with Crippen molar-refractivity contribution in [3.05, 3.63) is 47.8 Å². The third-order valence-electron chi connectivity index (χ3n) is 6.13. The number of fused-ring (bicyclic) bond motifs is 2. The van der Waals surface area contributed by atoms with E-state index in [0.29, 0.717) is 25.3 Å². The number of methoxy groups -OCH3 is 1. The van der Waals surface area contributed by atoms with Crippen molar-refractivity contribution >= 4 is 22.6 Å². The van der Waals surface area contributed by atoms with Crippen LogP contribution < -0.4 is 5.32 Å². The van der Waals surface area contributed by atoms with Crippen molar-refractivity contribution in [3.63, 3.8) is 0 Å². The molecule has 2 aliphatic rings. The summed E-state index contributed by atoms with van der Waals surface area (Å²) in [6, 6.07) is 11.9. The van der Waals surface area contributed by atoms with Crippen LogP contribution in [0.4, 0.5) is 5.82 Å². The topological polar surface area (TPSA) is 75.2 Å². The van der Waals surface area contributed by atoms with Crippen molar-refractivity contribution in [2.75, 3.05) is 25.5 Å². The largest absolute Gasteiger partial charge is 0.376 e. The maximum atomic E-state index is 13.0. The number of anilines is 1. The summed E-state index contributed by atoms with van der Waals surface area (Å²) in [7, 11) is 1.78. The van der Waals surface area contributed by atoms with Crippen molar-refractivity contribution in [2.45, 2.75) is 38.0 Å². The number of rotatable bonds is 5. The van der Waals surface area contributed by atoms with Crippen LogP contribution in [-0.2, 0) is 17.8 Å². The number of nitrogens with one attached hydrogen (secondary N) is 2. The zero-order chi connectivity index (χ0) is 19.1. The molecule has 3 aromatic rings. The van der Waals surface area contributed by atoms with E-state index >= 15 is 0 Å². The van der Waals surface area contributed by atoms with Gasteiger partial charge in [-0.15, -0.1) is 0 Å². The van der Waals surface area contributed by atoms with Crippen molar-refractivity contribution < 1.29 is 9.53 Å². The van der Waals surface area contributed by atoms with Crippen LogP contribution in [0.5, 0.6) is 0 Å². The summed E-state index contributed by atoms with van der Waals surface area (Å²) in [4.78, 5) is 18.1. The monoisotopic (exact) mass is 379 g/mol. The number of carbonyl (C=O) groups excluding carboxylic acids is 1. The van der Waals surface area contributed by atoms with Crippen LogP contribution in [0.3, 0.4) is 0 Å². The number of aromatic amines is 1. The molecule has 1 aliphatic heterocycles. The van der Waals surface area contributed by atoms with Gasteiger partial charge in [0.05, 0.1) is 24.4 Å². The number of benzene rings is 1. The van der Waals surface area contributed by atoms with Gasteiger partial charge in [-0.1, -0.05) is 18.2 Å². The van der Waals surface area contributed by atoms with Gasteiger partial charge in [0.2, 0.25) is 0 Å². The van der Waals surface area contributed by atoms with Crippen LogP contribution in [0, 0.1) is 0 Å². The third kappa shape index (κ3) is 2.96. The lowest BCUT2D eigenvalue weighted by Crippen LogP contribution is -2.45.